The average molecular weight is 239 g/mol. The summed E-state index contributed by atoms with van der Waals surface area (Å²) in [5.74, 6) is -0.832. The fraction of sp³-hybridized carbons (Fsp3) is 0.462. The fourth-order valence-electron chi connectivity index (χ4n) is 2.27. The number of aryl methyl sites for hydroxylation is 2. The molecule has 0 bridgehead atoms. The van der Waals surface area contributed by atoms with Gasteiger partial charge in [-0.1, -0.05) is 18.2 Å². The van der Waals surface area contributed by atoms with E-state index >= 15 is 0 Å². The highest BCUT2D eigenvalue weighted by Gasteiger charge is 2.14. The standard InChI is InChI=1S/C13H15ClO2/c14-12(8-13(15)16)7-9-4-5-10-2-1-3-11(10)6-9/h4-6,12H,1-3,7-8H2,(H,15,16). The van der Waals surface area contributed by atoms with Gasteiger partial charge in [-0.2, -0.15) is 0 Å². The maximum Gasteiger partial charge on any atom is 0.304 e. The predicted molar refractivity (Wildman–Crippen MR) is 64.1 cm³/mol. The second-order valence-electron chi connectivity index (χ2n) is 4.36. The third-order valence-electron chi connectivity index (χ3n) is 3.02. The molecule has 1 aromatic carbocycles. The smallest absolute Gasteiger partial charge is 0.304 e. The second-order valence-corrected chi connectivity index (χ2v) is 4.97. The summed E-state index contributed by atoms with van der Waals surface area (Å²) >= 11 is 5.98. The molecule has 1 N–H and O–H groups in total. The van der Waals surface area contributed by atoms with Crippen molar-refractivity contribution < 1.29 is 9.90 Å². The van der Waals surface area contributed by atoms with Gasteiger partial charge in [0.05, 0.1) is 6.42 Å². The zero-order valence-corrected chi connectivity index (χ0v) is 9.83. The van der Waals surface area contributed by atoms with Gasteiger partial charge in [-0.15, -0.1) is 11.6 Å². The first-order valence-electron chi connectivity index (χ1n) is 5.61. The topological polar surface area (TPSA) is 37.3 Å². The van der Waals surface area contributed by atoms with Gasteiger partial charge in [-0.05, 0) is 42.4 Å². The van der Waals surface area contributed by atoms with Crippen LogP contribution in [-0.4, -0.2) is 16.5 Å². The number of hydrogen-bond acceptors (Lipinski definition) is 1. The number of halogens is 1. The van der Waals surface area contributed by atoms with Crippen LogP contribution in [0.15, 0.2) is 18.2 Å². The van der Waals surface area contributed by atoms with Gasteiger partial charge in [0.2, 0.25) is 0 Å². The van der Waals surface area contributed by atoms with Gasteiger partial charge in [0.1, 0.15) is 0 Å². The number of carboxylic acids is 1. The lowest BCUT2D eigenvalue weighted by Crippen LogP contribution is -2.10. The third kappa shape index (κ3) is 2.76. The first-order valence-corrected chi connectivity index (χ1v) is 6.05. The van der Waals surface area contributed by atoms with Crippen molar-refractivity contribution in [2.24, 2.45) is 0 Å². The van der Waals surface area contributed by atoms with Gasteiger partial charge in [0.15, 0.2) is 0 Å². The summed E-state index contributed by atoms with van der Waals surface area (Å²) in [6, 6.07) is 6.41. The van der Waals surface area contributed by atoms with Crippen LogP contribution in [0.1, 0.15) is 29.5 Å². The Kier molecular flexibility index (Phi) is 3.49. The molecular weight excluding hydrogens is 224 g/mol. The van der Waals surface area contributed by atoms with Crippen molar-refractivity contribution in [3.8, 4) is 0 Å². The molecule has 1 unspecified atom stereocenters. The molecule has 2 rings (SSSR count). The van der Waals surface area contributed by atoms with Gasteiger partial charge < -0.3 is 5.11 Å². The van der Waals surface area contributed by atoms with Crippen LogP contribution in [0.25, 0.3) is 0 Å². The van der Waals surface area contributed by atoms with Crippen molar-refractivity contribution in [2.45, 2.75) is 37.5 Å². The molecule has 86 valence electrons. The van der Waals surface area contributed by atoms with Gasteiger partial charge in [0, 0.05) is 5.38 Å². The lowest BCUT2D eigenvalue weighted by molar-refractivity contribution is -0.137. The molecule has 0 spiro atoms. The minimum absolute atomic E-state index is 0.0264. The Bertz CT molecular complexity index is 401. The molecule has 1 aliphatic carbocycles. The monoisotopic (exact) mass is 238 g/mol. The van der Waals surface area contributed by atoms with Gasteiger partial charge in [-0.3, -0.25) is 4.79 Å². The highest BCUT2D eigenvalue weighted by molar-refractivity contribution is 6.21. The summed E-state index contributed by atoms with van der Waals surface area (Å²) in [7, 11) is 0. The number of rotatable bonds is 4. The summed E-state index contributed by atoms with van der Waals surface area (Å²) < 4.78 is 0. The number of carbonyl (C=O) groups is 1. The maximum atomic E-state index is 10.5. The van der Waals surface area contributed by atoms with E-state index in [9.17, 15) is 4.79 Å². The van der Waals surface area contributed by atoms with Crippen LogP contribution < -0.4 is 0 Å². The molecule has 1 atom stereocenters. The zero-order valence-electron chi connectivity index (χ0n) is 9.08. The summed E-state index contributed by atoms with van der Waals surface area (Å²) in [6.07, 6.45) is 4.22. The van der Waals surface area contributed by atoms with Crippen LogP contribution in [0, 0.1) is 0 Å². The quantitative estimate of drug-likeness (QED) is 0.819. The Morgan fingerprint density at radius 1 is 1.38 bits per heavy atom. The van der Waals surface area contributed by atoms with Gasteiger partial charge >= 0.3 is 5.97 Å². The van der Waals surface area contributed by atoms with Crippen molar-refractivity contribution in [1.29, 1.82) is 0 Å². The molecule has 0 aliphatic heterocycles. The minimum atomic E-state index is -0.832. The van der Waals surface area contributed by atoms with Crippen LogP contribution in [0.5, 0.6) is 0 Å². The van der Waals surface area contributed by atoms with Gasteiger partial charge in [-0.25, -0.2) is 0 Å². The molecule has 16 heavy (non-hydrogen) atoms. The molecular formula is C13H15ClO2. The number of carboxylic acid groups (broad SMARTS) is 1. The lowest BCUT2D eigenvalue weighted by Gasteiger charge is -2.08. The maximum absolute atomic E-state index is 10.5. The Labute approximate surface area is 100 Å². The van der Waals surface area contributed by atoms with Crippen LogP contribution in [0.3, 0.4) is 0 Å². The van der Waals surface area contributed by atoms with Crippen LogP contribution >= 0.6 is 11.6 Å². The van der Waals surface area contributed by atoms with E-state index in [1.165, 1.54) is 24.0 Å². The largest absolute Gasteiger partial charge is 0.481 e. The molecule has 3 heteroatoms. The molecule has 0 saturated carbocycles. The van der Waals surface area contributed by atoms with E-state index in [0.29, 0.717) is 6.42 Å². The number of benzene rings is 1. The zero-order chi connectivity index (χ0) is 11.5. The van der Waals surface area contributed by atoms with Crippen LogP contribution in [0.4, 0.5) is 0 Å². The third-order valence-corrected chi connectivity index (χ3v) is 3.32. The van der Waals surface area contributed by atoms with E-state index in [1.807, 2.05) is 0 Å². The van der Waals surface area contributed by atoms with Crippen molar-refractivity contribution in [1.82, 2.24) is 0 Å². The number of alkyl halides is 1. The van der Waals surface area contributed by atoms with E-state index in [2.05, 4.69) is 18.2 Å². The molecule has 0 amide bonds. The SMILES string of the molecule is O=C(O)CC(Cl)Cc1ccc2c(c1)CCC2. The van der Waals surface area contributed by atoms with E-state index < -0.39 is 5.97 Å². The summed E-state index contributed by atoms with van der Waals surface area (Å²) in [4.78, 5) is 10.5. The lowest BCUT2D eigenvalue weighted by atomic mass is 10.0. The van der Waals surface area contributed by atoms with E-state index in [4.69, 9.17) is 16.7 Å². The highest BCUT2D eigenvalue weighted by Crippen LogP contribution is 2.24. The van der Waals surface area contributed by atoms with Crippen molar-refractivity contribution in [2.75, 3.05) is 0 Å². The van der Waals surface area contributed by atoms with Crippen molar-refractivity contribution >= 4 is 17.6 Å². The molecule has 0 heterocycles. The normalized spacial score (nSPS) is 15.8. The average Bonchev–Trinajstić information content (AvgIpc) is 2.63. The molecule has 2 nitrogen and oxygen atoms in total. The number of hydrogen-bond donors (Lipinski definition) is 1. The van der Waals surface area contributed by atoms with Gasteiger partial charge in [0.25, 0.3) is 0 Å². The summed E-state index contributed by atoms with van der Waals surface area (Å²) in [5, 5.41) is 8.32. The highest BCUT2D eigenvalue weighted by atomic mass is 35.5. The first kappa shape index (κ1) is 11.5. The molecule has 1 aliphatic rings. The molecule has 1 aromatic rings. The molecule has 0 aromatic heterocycles. The van der Waals surface area contributed by atoms with E-state index in [1.54, 1.807) is 0 Å². The second kappa shape index (κ2) is 4.88. The van der Waals surface area contributed by atoms with E-state index in [-0.39, 0.29) is 11.8 Å². The Morgan fingerprint density at radius 3 is 2.88 bits per heavy atom. The summed E-state index contributed by atoms with van der Waals surface area (Å²) in [6.45, 7) is 0. The summed E-state index contributed by atoms with van der Waals surface area (Å²) in [5.41, 5.74) is 4.01. The Morgan fingerprint density at radius 2 is 2.12 bits per heavy atom. The fourth-order valence-corrected chi connectivity index (χ4v) is 2.58. The van der Waals surface area contributed by atoms with Crippen molar-refractivity contribution in [3.63, 3.8) is 0 Å². The van der Waals surface area contributed by atoms with E-state index in [0.717, 1.165) is 12.0 Å². The predicted octanol–water partition coefficient (Wildman–Crippen LogP) is 2.80. The van der Waals surface area contributed by atoms with Crippen molar-refractivity contribution in [3.05, 3.63) is 34.9 Å². The Balaban J connectivity index is 2.02. The first-order chi connectivity index (χ1) is 7.65. The molecule has 0 radical (unpaired) electrons. The molecule has 0 fully saturated rings. The minimum Gasteiger partial charge on any atom is -0.481 e. The number of fused-ring (bicyclic) bond motifs is 1. The van der Waals surface area contributed by atoms with Crippen LogP contribution in [0.2, 0.25) is 0 Å². The van der Waals surface area contributed by atoms with Crippen LogP contribution in [-0.2, 0) is 24.1 Å². The number of aliphatic carboxylic acids is 1. The Hall–Kier alpha value is -1.02. The molecule has 0 saturated heterocycles.